The fourth-order valence-corrected chi connectivity index (χ4v) is 8.97. The van der Waals surface area contributed by atoms with Crippen LogP contribution >= 0.6 is 0 Å². The van der Waals surface area contributed by atoms with Crippen molar-refractivity contribution >= 4 is 17.7 Å². The summed E-state index contributed by atoms with van der Waals surface area (Å²) in [6.45, 7) is 11.3. The Hall–Kier alpha value is -1.99. The van der Waals surface area contributed by atoms with Gasteiger partial charge in [-0.25, -0.2) is 0 Å². The molecule has 43 heavy (non-hydrogen) atoms. The molecule has 7 unspecified atom stereocenters. The van der Waals surface area contributed by atoms with Crippen molar-refractivity contribution in [2.45, 2.75) is 148 Å². The van der Waals surface area contributed by atoms with Crippen LogP contribution in [0.3, 0.4) is 0 Å². The summed E-state index contributed by atoms with van der Waals surface area (Å²) < 4.78 is 11.7. The van der Waals surface area contributed by atoms with Gasteiger partial charge in [-0.2, -0.15) is 0 Å². The van der Waals surface area contributed by atoms with Crippen molar-refractivity contribution in [1.29, 1.82) is 0 Å². The minimum absolute atomic E-state index is 0.0120. The van der Waals surface area contributed by atoms with E-state index in [0.717, 1.165) is 19.3 Å². The smallest absolute Gasteiger partial charge is 0.306 e. The van der Waals surface area contributed by atoms with Gasteiger partial charge in [0.15, 0.2) is 5.78 Å². The van der Waals surface area contributed by atoms with Crippen LogP contribution in [0.4, 0.5) is 0 Å². The van der Waals surface area contributed by atoms with Crippen LogP contribution in [-0.4, -0.2) is 51.3 Å². The molecule has 4 aliphatic rings. The largest absolute Gasteiger partial charge is 0.461 e. The first-order valence-corrected chi connectivity index (χ1v) is 17.0. The minimum Gasteiger partial charge on any atom is -0.461 e. The Morgan fingerprint density at radius 1 is 0.953 bits per heavy atom. The lowest BCUT2D eigenvalue weighted by molar-refractivity contribution is -0.187. The van der Waals surface area contributed by atoms with Gasteiger partial charge in [-0.05, 0) is 36.8 Å². The van der Waals surface area contributed by atoms with E-state index in [1.807, 2.05) is 13.0 Å². The van der Waals surface area contributed by atoms with Crippen LogP contribution in [0.2, 0.25) is 0 Å². The standard InChI is InChI=1S/C36H56O7/c1-7-8-9-10-11-12-13-14-15-16-17-18-30(38)43-35-21-25(3)36(41)28(31(35)33(35,5)6)20-27(23-42-26(4)37)22-34(40)29(36)19-24(2)32(34)39/h19-20,25,28-29,31,40-41H,7-18,21-23H2,1-6H3. The molecule has 0 spiro atoms. The van der Waals surface area contributed by atoms with Gasteiger partial charge < -0.3 is 19.7 Å². The molecule has 4 rings (SSSR count). The van der Waals surface area contributed by atoms with E-state index >= 15 is 0 Å². The van der Waals surface area contributed by atoms with Crippen molar-refractivity contribution in [2.24, 2.45) is 29.1 Å². The number of esters is 2. The molecule has 0 aromatic carbocycles. The fraction of sp³-hybridized carbons (Fsp3) is 0.806. The number of carbonyl (C=O) groups is 3. The van der Waals surface area contributed by atoms with Gasteiger partial charge in [-0.1, -0.05) is 104 Å². The van der Waals surface area contributed by atoms with E-state index in [1.165, 1.54) is 58.3 Å². The van der Waals surface area contributed by atoms with Crippen LogP contribution in [0, 0.1) is 29.1 Å². The predicted molar refractivity (Wildman–Crippen MR) is 166 cm³/mol. The normalized spacial score (nSPS) is 35.6. The van der Waals surface area contributed by atoms with Gasteiger partial charge in [0.2, 0.25) is 0 Å². The molecule has 7 heteroatoms. The third kappa shape index (κ3) is 6.27. The molecule has 0 bridgehead atoms. The zero-order valence-corrected chi connectivity index (χ0v) is 27.5. The molecular formula is C36H56O7. The molecule has 0 radical (unpaired) electrons. The highest BCUT2D eigenvalue weighted by molar-refractivity contribution is 6.04. The van der Waals surface area contributed by atoms with Gasteiger partial charge in [0, 0.05) is 42.9 Å². The van der Waals surface area contributed by atoms with Crippen LogP contribution < -0.4 is 0 Å². The average Bonchev–Trinajstić information content (AvgIpc) is 3.34. The van der Waals surface area contributed by atoms with E-state index in [0.29, 0.717) is 24.0 Å². The number of aliphatic hydroxyl groups is 2. The lowest BCUT2D eigenvalue weighted by Crippen LogP contribution is -2.61. The first-order valence-electron chi connectivity index (χ1n) is 17.0. The Kier molecular flexibility index (Phi) is 10.4. The van der Waals surface area contributed by atoms with Crippen LogP contribution in [0.15, 0.2) is 23.3 Å². The van der Waals surface area contributed by atoms with Crippen LogP contribution in [0.5, 0.6) is 0 Å². The number of unbranched alkanes of at least 4 members (excludes halogenated alkanes) is 10. The van der Waals surface area contributed by atoms with Crippen LogP contribution in [0.1, 0.15) is 131 Å². The number of Topliss-reactive ketones (excluding diaryl/α,β-unsaturated/α-hetero) is 1. The second-order valence-corrected chi connectivity index (χ2v) is 14.7. The van der Waals surface area contributed by atoms with Crippen molar-refractivity contribution in [3.63, 3.8) is 0 Å². The van der Waals surface area contributed by atoms with Crippen molar-refractivity contribution in [3.8, 4) is 0 Å². The highest BCUT2D eigenvalue weighted by Crippen LogP contribution is 2.76. The van der Waals surface area contributed by atoms with Gasteiger partial charge >= 0.3 is 11.9 Å². The van der Waals surface area contributed by atoms with Gasteiger partial charge in [-0.3, -0.25) is 14.4 Å². The highest BCUT2D eigenvalue weighted by Gasteiger charge is 2.83. The van der Waals surface area contributed by atoms with Crippen LogP contribution in [0.25, 0.3) is 0 Å². The molecule has 242 valence electrons. The lowest BCUT2D eigenvalue weighted by atomic mass is 9.60. The molecule has 7 atom stereocenters. The summed E-state index contributed by atoms with van der Waals surface area (Å²) in [6, 6.07) is 0. The molecule has 0 heterocycles. The molecule has 2 saturated carbocycles. The van der Waals surface area contributed by atoms with E-state index in [2.05, 4.69) is 20.8 Å². The molecule has 0 aromatic heterocycles. The highest BCUT2D eigenvalue weighted by atomic mass is 16.6. The van der Waals surface area contributed by atoms with E-state index in [9.17, 15) is 24.6 Å². The van der Waals surface area contributed by atoms with Crippen molar-refractivity contribution < 1.29 is 34.1 Å². The summed E-state index contributed by atoms with van der Waals surface area (Å²) in [7, 11) is 0. The summed E-state index contributed by atoms with van der Waals surface area (Å²) >= 11 is 0. The number of hydrogen-bond donors (Lipinski definition) is 2. The Labute approximate surface area is 258 Å². The third-order valence-electron chi connectivity index (χ3n) is 11.4. The first-order chi connectivity index (χ1) is 20.3. The van der Waals surface area contributed by atoms with Gasteiger partial charge in [-0.15, -0.1) is 0 Å². The third-order valence-corrected chi connectivity index (χ3v) is 11.4. The number of hydrogen-bond acceptors (Lipinski definition) is 7. The van der Waals surface area contributed by atoms with E-state index in [4.69, 9.17) is 9.47 Å². The number of rotatable bonds is 15. The van der Waals surface area contributed by atoms with E-state index in [-0.39, 0.29) is 30.8 Å². The second kappa shape index (κ2) is 13.2. The summed E-state index contributed by atoms with van der Waals surface area (Å²) in [5, 5.41) is 24.4. The summed E-state index contributed by atoms with van der Waals surface area (Å²) in [5.41, 5.74) is -3.33. The van der Waals surface area contributed by atoms with Gasteiger partial charge in [0.05, 0.1) is 5.60 Å². The maximum absolute atomic E-state index is 13.3. The fourth-order valence-electron chi connectivity index (χ4n) is 8.97. The van der Waals surface area contributed by atoms with Gasteiger partial charge in [0.1, 0.15) is 17.8 Å². The number of fused-ring (bicyclic) bond motifs is 5. The number of carbonyl (C=O) groups excluding carboxylic acids is 3. The average molecular weight is 601 g/mol. The molecule has 0 aliphatic heterocycles. The Bertz CT molecular complexity index is 1120. The zero-order chi connectivity index (χ0) is 31.6. The Morgan fingerprint density at radius 2 is 1.53 bits per heavy atom. The van der Waals surface area contributed by atoms with Crippen molar-refractivity contribution in [1.82, 2.24) is 0 Å². The molecular weight excluding hydrogens is 544 g/mol. The summed E-state index contributed by atoms with van der Waals surface area (Å²) in [4.78, 5) is 38.1. The maximum atomic E-state index is 13.3. The van der Waals surface area contributed by atoms with Crippen molar-refractivity contribution in [3.05, 3.63) is 23.3 Å². The molecule has 7 nitrogen and oxygen atoms in total. The number of ether oxygens (including phenoxy) is 2. The predicted octanol–water partition coefficient (Wildman–Crippen LogP) is 6.78. The topological polar surface area (TPSA) is 110 Å². The summed E-state index contributed by atoms with van der Waals surface area (Å²) in [5.74, 6) is -2.88. The van der Waals surface area contributed by atoms with Gasteiger partial charge in [0.25, 0.3) is 0 Å². The molecule has 2 N–H and O–H groups in total. The molecule has 4 aliphatic carbocycles. The van der Waals surface area contributed by atoms with Crippen molar-refractivity contribution in [2.75, 3.05) is 6.61 Å². The minimum atomic E-state index is -1.81. The molecule has 0 amide bonds. The first kappa shape index (κ1) is 33.9. The molecule has 0 aromatic rings. The molecule has 0 saturated heterocycles. The second-order valence-electron chi connectivity index (χ2n) is 14.7. The summed E-state index contributed by atoms with van der Waals surface area (Å²) in [6.07, 6.45) is 17.9. The van der Waals surface area contributed by atoms with E-state index < -0.39 is 45.8 Å². The van der Waals surface area contributed by atoms with Crippen LogP contribution in [-0.2, 0) is 23.9 Å². The zero-order valence-electron chi connectivity index (χ0n) is 27.5. The quantitative estimate of drug-likeness (QED) is 0.121. The maximum Gasteiger partial charge on any atom is 0.306 e. The lowest BCUT2D eigenvalue weighted by Gasteiger charge is -2.50. The molecule has 2 fully saturated rings. The van der Waals surface area contributed by atoms with E-state index in [1.54, 1.807) is 13.0 Å². The SMILES string of the molecule is CCCCCCCCCCCCCC(=O)OC12CC(C)C3(O)C(C=C(COC(C)=O)CC4(O)C(=O)C(C)=CC43)C1C2(C)C. The Balaban J connectivity index is 1.42. The Morgan fingerprint density at radius 3 is 2.12 bits per heavy atom. The monoisotopic (exact) mass is 600 g/mol. The number of ketones is 1.